The summed E-state index contributed by atoms with van der Waals surface area (Å²) in [5.74, 6) is -3.87. The van der Waals surface area contributed by atoms with E-state index < -0.39 is 59.4 Å². The summed E-state index contributed by atoms with van der Waals surface area (Å²) in [6.07, 6.45) is -3.10. The van der Waals surface area contributed by atoms with Crippen LogP contribution in [0.3, 0.4) is 0 Å². The lowest BCUT2D eigenvalue weighted by Crippen LogP contribution is -2.57. The number of halogens is 2. The fourth-order valence-electron chi connectivity index (χ4n) is 5.34. The van der Waals surface area contributed by atoms with Crippen LogP contribution in [-0.4, -0.2) is 63.4 Å². The Balaban J connectivity index is 1.75. The Morgan fingerprint density at radius 1 is 1.07 bits per heavy atom. The highest BCUT2D eigenvalue weighted by Crippen LogP contribution is 2.32. The standard InChI is InChI=1S/C30H36F2N2O6/c1-17(2)25-16-39-29(38)34(25)27(36)23(12-18-10-21(31)14-22(32)11-18)26(35)24-13-19-8-6-7-9-20(19)15-33(24)28(37)40-30(3,4)5/h6-11,14,17,23-26,35H,12-13,15-16H2,1-5H3/t23-,24+,25+,26-/m0/s1. The molecule has 2 aromatic carbocycles. The molecule has 2 heterocycles. The van der Waals surface area contributed by atoms with E-state index in [1.807, 2.05) is 38.1 Å². The Morgan fingerprint density at radius 2 is 1.70 bits per heavy atom. The molecule has 1 fully saturated rings. The lowest BCUT2D eigenvalue weighted by molar-refractivity contribution is -0.140. The molecule has 0 aromatic heterocycles. The van der Waals surface area contributed by atoms with Crippen LogP contribution >= 0.6 is 0 Å². The number of nitrogens with zero attached hydrogens (tertiary/aromatic N) is 2. The molecule has 2 aliphatic rings. The molecular formula is C30H36F2N2O6. The summed E-state index contributed by atoms with van der Waals surface area (Å²) in [5, 5.41) is 11.9. The Morgan fingerprint density at radius 3 is 2.30 bits per heavy atom. The lowest BCUT2D eigenvalue weighted by Gasteiger charge is -2.42. The predicted molar refractivity (Wildman–Crippen MR) is 142 cm³/mol. The van der Waals surface area contributed by atoms with E-state index in [1.165, 1.54) is 4.90 Å². The molecule has 0 spiro atoms. The third-order valence-corrected chi connectivity index (χ3v) is 7.33. The minimum atomic E-state index is -1.51. The van der Waals surface area contributed by atoms with Crippen LogP contribution in [0.5, 0.6) is 0 Å². The third kappa shape index (κ3) is 6.43. The first kappa shape index (κ1) is 29.5. The summed E-state index contributed by atoms with van der Waals surface area (Å²) in [6.45, 7) is 8.98. The fourth-order valence-corrected chi connectivity index (χ4v) is 5.34. The molecular weight excluding hydrogens is 522 g/mol. The molecule has 3 amide bonds. The Labute approximate surface area is 232 Å². The van der Waals surface area contributed by atoms with E-state index in [2.05, 4.69) is 0 Å². The van der Waals surface area contributed by atoms with Gasteiger partial charge in [-0.05, 0) is 68.4 Å². The van der Waals surface area contributed by atoms with Crippen molar-refractivity contribution in [1.82, 2.24) is 9.80 Å². The van der Waals surface area contributed by atoms with E-state index in [0.717, 1.165) is 28.2 Å². The van der Waals surface area contributed by atoms with Crippen molar-refractivity contribution in [2.75, 3.05) is 6.61 Å². The van der Waals surface area contributed by atoms with Gasteiger partial charge in [-0.2, -0.15) is 0 Å². The van der Waals surface area contributed by atoms with Gasteiger partial charge in [-0.25, -0.2) is 23.3 Å². The number of fused-ring (bicyclic) bond motifs is 1. The molecule has 0 bridgehead atoms. The number of hydrogen-bond acceptors (Lipinski definition) is 6. The summed E-state index contributed by atoms with van der Waals surface area (Å²) >= 11 is 0. The van der Waals surface area contributed by atoms with Gasteiger partial charge in [0.15, 0.2) is 0 Å². The van der Waals surface area contributed by atoms with Gasteiger partial charge in [-0.1, -0.05) is 38.1 Å². The molecule has 0 radical (unpaired) electrons. The van der Waals surface area contributed by atoms with Crippen molar-refractivity contribution in [2.24, 2.45) is 11.8 Å². The van der Waals surface area contributed by atoms with Gasteiger partial charge >= 0.3 is 12.2 Å². The van der Waals surface area contributed by atoms with Gasteiger partial charge in [0.2, 0.25) is 5.91 Å². The maximum Gasteiger partial charge on any atom is 0.416 e. The molecule has 2 aliphatic heterocycles. The van der Waals surface area contributed by atoms with E-state index >= 15 is 0 Å². The molecule has 1 N–H and O–H groups in total. The summed E-state index contributed by atoms with van der Waals surface area (Å²) in [5.41, 5.74) is 1.07. The molecule has 4 rings (SSSR count). The smallest absolute Gasteiger partial charge is 0.416 e. The topological polar surface area (TPSA) is 96.4 Å². The van der Waals surface area contributed by atoms with Gasteiger partial charge < -0.3 is 14.6 Å². The van der Waals surface area contributed by atoms with Crippen molar-refractivity contribution in [3.63, 3.8) is 0 Å². The van der Waals surface area contributed by atoms with E-state index in [0.29, 0.717) is 6.07 Å². The van der Waals surface area contributed by atoms with Gasteiger partial charge in [0.25, 0.3) is 0 Å². The van der Waals surface area contributed by atoms with Gasteiger partial charge in [0, 0.05) is 12.6 Å². The van der Waals surface area contributed by atoms with Gasteiger partial charge in [0.05, 0.1) is 24.1 Å². The van der Waals surface area contributed by atoms with Crippen LogP contribution in [0.1, 0.15) is 51.3 Å². The number of aliphatic hydroxyl groups is 1. The first-order chi connectivity index (χ1) is 18.7. The minimum Gasteiger partial charge on any atom is -0.447 e. The van der Waals surface area contributed by atoms with E-state index in [9.17, 15) is 28.3 Å². The molecule has 0 saturated carbocycles. The molecule has 216 valence electrons. The first-order valence-corrected chi connectivity index (χ1v) is 13.4. The van der Waals surface area contributed by atoms with Crippen molar-refractivity contribution < 1.29 is 37.7 Å². The number of hydrogen-bond donors (Lipinski definition) is 1. The predicted octanol–water partition coefficient (Wildman–Crippen LogP) is 4.85. The summed E-state index contributed by atoms with van der Waals surface area (Å²) < 4.78 is 39.0. The molecule has 40 heavy (non-hydrogen) atoms. The molecule has 2 aromatic rings. The van der Waals surface area contributed by atoms with Crippen molar-refractivity contribution in [3.05, 3.63) is 70.8 Å². The second-order valence-electron chi connectivity index (χ2n) is 11.8. The Hall–Kier alpha value is -3.53. The summed E-state index contributed by atoms with van der Waals surface area (Å²) in [4.78, 5) is 42.4. The first-order valence-electron chi connectivity index (χ1n) is 13.4. The number of carbonyl (C=O) groups excluding carboxylic acids is 3. The fraction of sp³-hybridized carbons (Fsp3) is 0.500. The zero-order chi connectivity index (χ0) is 29.4. The van der Waals surface area contributed by atoms with Gasteiger partial charge in [-0.15, -0.1) is 0 Å². The van der Waals surface area contributed by atoms with Crippen molar-refractivity contribution >= 4 is 18.1 Å². The maximum absolute atomic E-state index is 14.1. The molecule has 4 atom stereocenters. The Kier molecular flexibility index (Phi) is 8.49. The monoisotopic (exact) mass is 558 g/mol. The largest absolute Gasteiger partial charge is 0.447 e. The van der Waals surface area contributed by atoms with Crippen LogP contribution in [0.4, 0.5) is 18.4 Å². The highest BCUT2D eigenvalue weighted by molar-refractivity contribution is 5.95. The number of rotatable bonds is 6. The number of imide groups is 1. The average Bonchev–Trinajstić information content (AvgIpc) is 3.25. The average molecular weight is 559 g/mol. The maximum atomic E-state index is 14.1. The van der Waals surface area contributed by atoms with Crippen molar-refractivity contribution in [1.29, 1.82) is 0 Å². The molecule has 8 nitrogen and oxygen atoms in total. The van der Waals surface area contributed by atoms with Crippen LogP contribution in [-0.2, 0) is 33.7 Å². The van der Waals surface area contributed by atoms with Gasteiger partial charge in [-0.3, -0.25) is 9.69 Å². The quantitative estimate of drug-likeness (QED) is 0.545. The van der Waals surface area contributed by atoms with E-state index in [1.54, 1.807) is 20.8 Å². The number of carbonyl (C=O) groups is 3. The number of aliphatic hydroxyl groups excluding tert-OH is 1. The van der Waals surface area contributed by atoms with E-state index in [-0.39, 0.29) is 37.5 Å². The Bertz CT molecular complexity index is 1260. The van der Waals surface area contributed by atoms with Crippen molar-refractivity contribution in [3.8, 4) is 0 Å². The number of amides is 3. The molecule has 1 saturated heterocycles. The number of cyclic esters (lactones) is 1. The van der Waals surface area contributed by atoms with Gasteiger partial charge in [0.1, 0.15) is 23.8 Å². The lowest BCUT2D eigenvalue weighted by atomic mass is 9.82. The van der Waals surface area contributed by atoms with E-state index in [4.69, 9.17) is 9.47 Å². The SMILES string of the molecule is CC(C)[C@H]1COC(=O)N1C(=O)[C@@H](Cc1cc(F)cc(F)c1)[C@H](O)[C@H]1Cc2ccccc2CN1C(=O)OC(C)(C)C. The minimum absolute atomic E-state index is 0.000482. The second kappa shape index (κ2) is 11.5. The zero-order valence-corrected chi connectivity index (χ0v) is 23.4. The number of ether oxygens (including phenoxy) is 2. The summed E-state index contributed by atoms with van der Waals surface area (Å²) in [7, 11) is 0. The molecule has 0 unspecified atom stereocenters. The molecule has 10 heteroatoms. The summed E-state index contributed by atoms with van der Waals surface area (Å²) in [6, 6.07) is 8.83. The second-order valence-corrected chi connectivity index (χ2v) is 11.8. The van der Waals surface area contributed by atoms with Crippen LogP contribution in [0.25, 0.3) is 0 Å². The van der Waals surface area contributed by atoms with Crippen LogP contribution in [0.2, 0.25) is 0 Å². The van der Waals surface area contributed by atoms with Crippen LogP contribution in [0, 0.1) is 23.5 Å². The van der Waals surface area contributed by atoms with Crippen LogP contribution in [0.15, 0.2) is 42.5 Å². The normalized spacial score (nSPS) is 20.7. The highest BCUT2D eigenvalue weighted by Gasteiger charge is 2.47. The number of benzene rings is 2. The van der Waals surface area contributed by atoms with Crippen molar-refractivity contribution in [2.45, 2.75) is 77.8 Å². The highest BCUT2D eigenvalue weighted by atomic mass is 19.1. The third-order valence-electron chi connectivity index (χ3n) is 7.33. The molecule has 0 aliphatic carbocycles. The van der Waals surface area contributed by atoms with Crippen LogP contribution < -0.4 is 0 Å². The zero-order valence-electron chi connectivity index (χ0n) is 23.4.